The Balaban J connectivity index is 1.83. The third kappa shape index (κ3) is 2.30. The van der Waals surface area contributed by atoms with Gasteiger partial charge >= 0.3 is 0 Å². The summed E-state index contributed by atoms with van der Waals surface area (Å²) in [4.78, 5) is 4.95. The maximum absolute atomic E-state index is 4.95. The topological polar surface area (TPSA) is 12.4 Å². The lowest BCUT2D eigenvalue weighted by Crippen LogP contribution is -2.33. The van der Waals surface area contributed by atoms with Gasteiger partial charge in [0.15, 0.2) is 0 Å². The van der Waals surface area contributed by atoms with Crippen LogP contribution in [0.3, 0.4) is 0 Å². The van der Waals surface area contributed by atoms with Gasteiger partial charge in [0.05, 0.1) is 11.0 Å². The molecule has 0 radical (unpaired) electrons. The van der Waals surface area contributed by atoms with Crippen LogP contribution in [-0.2, 0) is 0 Å². The van der Waals surface area contributed by atoms with Gasteiger partial charge in [-0.05, 0) is 23.3 Å². The van der Waals surface area contributed by atoms with Gasteiger partial charge < -0.3 is 0 Å². The second kappa shape index (κ2) is 5.79. The molecule has 1 nitrogen and oxygen atoms in total. The van der Waals surface area contributed by atoms with Crippen LogP contribution in [0.2, 0.25) is 0 Å². The summed E-state index contributed by atoms with van der Waals surface area (Å²) in [7, 11) is 0. The highest BCUT2D eigenvalue weighted by molar-refractivity contribution is 9.15. The molecular weight excluding hydrogens is 438 g/mol. The molecule has 0 amide bonds. The molecule has 3 heteroatoms. The number of nitrogens with zero attached hydrogens (tertiary/aromatic N) is 1. The van der Waals surface area contributed by atoms with E-state index in [4.69, 9.17) is 4.99 Å². The van der Waals surface area contributed by atoms with Gasteiger partial charge in [-0.2, -0.15) is 0 Å². The highest BCUT2D eigenvalue weighted by Crippen LogP contribution is 2.39. The van der Waals surface area contributed by atoms with Crippen LogP contribution in [0.1, 0.15) is 17.0 Å². The van der Waals surface area contributed by atoms with Crippen molar-refractivity contribution in [3.8, 4) is 11.1 Å². The van der Waals surface area contributed by atoms with E-state index in [1.807, 2.05) is 6.07 Å². The number of fused-ring (bicyclic) bond motifs is 5. The molecule has 3 aromatic carbocycles. The molecule has 1 aliphatic carbocycles. The zero-order chi connectivity index (χ0) is 17.0. The van der Waals surface area contributed by atoms with Gasteiger partial charge in [0.25, 0.3) is 0 Å². The van der Waals surface area contributed by atoms with E-state index in [1.165, 1.54) is 27.5 Å². The highest BCUT2D eigenvalue weighted by Gasteiger charge is 2.23. The Morgan fingerprint density at radius 1 is 0.840 bits per heavy atom. The number of halogens is 2. The second-order valence-electron chi connectivity index (χ2n) is 6.27. The minimum Gasteiger partial charge on any atom is -0.247 e. The van der Waals surface area contributed by atoms with Crippen LogP contribution in [0.5, 0.6) is 0 Å². The van der Waals surface area contributed by atoms with Gasteiger partial charge in [-0.15, -0.1) is 0 Å². The Hall–Kier alpha value is -1.97. The second-order valence-corrected chi connectivity index (χ2v) is 7.98. The van der Waals surface area contributed by atoms with Crippen molar-refractivity contribution < 1.29 is 0 Å². The van der Waals surface area contributed by atoms with Gasteiger partial charge in [0.2, 0.25) is 0 Å². The lowest BCUT2D eigenvalue weighted by molar-refractivity contribution is 0.997. The molecule has 1 heterocycles. The Morgan fingerprint density at radius 2 is 1.68 bits per heavy atom. The summed E-state index contributed by atoms with van der Waals surface area (Å²) in [5.74, 6) is 0.255. The number of allylic oxidation sites excluding steroid dienone is 2. The minimum atomic E-state index is 0.255. The Labute approximate surface area is 162 Å². The average molecular weight is 451 g/mol. The van der Waals surface area contributed by atoms with Gasteiger partial charge in [0, 0.05) is 31.2 Å². The van der Waals surface area contributed by atoms with Crippen LogP contribution in [-0.4, -0.2) is 0 Å². The third-order valence-electron chi connectivity index (χ3n) is 4.87. The van der Waals surface area contributed by atoms with Crippen molar-refractivity contribution >= 4 is 42.0 Å². The van der Waals surface area contributed by atoms with E-state index < -0.39 is 0 Å². The van der Waals surface area contributed by atoms with Crippen molar-refractivity contribution in [2.45, 2.75) is 5.92 Å². The van der Waals surface area contributed by atoms with Crippen molar-refractivity contribution in [2.75, 3.05) is 0 Å². The van der Waals surface area contributed by atoms with Crippen LogP contribution in [0.4, 0.5) is 5.69 Å². The largest absolute Gasteiger partial charge is 0.247 e. The lowest BCUT2D eigenvalue weighted by atomic mass is 9.86. The van der Waals surface area contributed by atoms with Crippen molar-refractivity contribution in [3.05, 3.63) is 99.0 Å². The molecule has 120 valence electrons. The molecule has 5 rings (SSSR count). The Kier molecular flexibility index (Phi) is 3.54. The normalized spacial score (nSPS) is 16.9. The molecule has 0 spiro atoms. The summed E-state index contributed by atoms with van der Waals surface area (Å²) in [5, 5.41) is 2.27. The molecule has 1 unspecified atom stereocenters. The fraction of sp³-hybridized carbons (Fsp3) is 0.0455. The predicted molar refractivity (Wildman–Crippen MR) is 110 cm³/mol. The van der Waals surface area contributed by atoms with Gasteiger partial charge in [-0.3, -0.25) is 0 Å². The van der Waals surface area contributed by atoms with Crippen molar-refractivity contribution in [3.63, 3.8) is 0 Å². The predicted octanol–water partition coefficient (Wildman–Crippen LogP) is 5.59. The van der Waals surface area contributed by atoms with Gasteiger partial charge in [0.1, 0.15) is 0 Å². The van der Waals surface area contributed by atoms with Gasteiger partial charge in [-0.1, -0.05) is 92.5 Å². The highest BCUT2D eigenvalue weighted by atomic mass is 79.9. The van der Waals surface area contributed by atoms with E-state index in [9.17, 15) is 0 Å². The molecule has 0 saturated carbocycles. The van der Waals surface area contributed by atoms with Crippen LogP contribution >= 0.6 is 31.9 Å². The quantitative estimate of drug-likeness (QED) is 0.358. The average Bonchev–Trinajstić information content (AvgIpc) is 3.02. The summed E-state index contributed by atoms with van der Waals surface area (Å²) in [5.41, 5.74) is 6.01. The van der Waals surface area contributed by atoms with E-state index in [2.05, 4.69) is 98.6 Å². The van der Waals surface area contributed by atoms with Crippen LogP contribution in [0.25, 0.3) is 15.6 Å². The van der Waals surface area contributed by atoms with E-state index in [-0.39, 0.29) is 5.92 Å². The molecule has 0 saturated heterocycles. The van der Waals surface area contributed by atoms with Crippen LogP contribution in [0.15, 0.2) is 82.3 Å². The number of hydrogen-bond acceptors (Lipinski definition) is 1. The van der Waals surface area contributed by atoms with Crippen LogP contribution in [0, 0.1) is 0 Å². The first-order chi connectivity index (χ1) is 12.2. The molecule has 3 aromatic rings. The molecule has 1 atom stereocenters. The van der Waals surface area contributed by atoms with E-state index >= 15 is 0 Å². The fourth-order valence-electron chi connectivity index (χ4n) is 3.75. The summed E-state index contributed by atoms with van der Waals surface area (Å²) >= 11 is 7.45. The summed E-state index contributed by atoms with van der Waals surface area (Å²) < 4.78 is 2.19. The molecular formula is C22H13Br2N. The molecule has 2 aliphatic rings. The molecule has 1 aliphatic heterocycles. The van der Waals surface area contributed by atoms with Gasteiger partial charge in [-0.25, -0.2) is 4.99 Å². The smallest absolute Gasteiger partial charge is 0.0803 e. The van der Waals surface area contributed by atoms with E-state index in [0.717, 1.165) is 20.0 Å². The number of rotatable bonds is 1. The maximum atomic E-state index is 4.95. The number of benzene rings is 3. The van der Waals surface area contributed by atoms with Crippen molar-refractivity contribution in [1.82, 2.24) is 0 Å². The molecule has 0 N–H and O–H groups in total. The minimum absolute atomic E-state index is 0.255. The van der Waals surface area contributed by atoms with E-state index in [1.54, 1.807) is 0 Å². The maximum Gasteiger partial charge on any atom is 0.0803 e. The van der Waals surface area contributed by atoms with Crippen LogP contribution < -0.4 is 10.6 Å². The molecule has 0 aromatic heterocycles. The van der Waals surface area contributed by atoms with E-state index in [0.29, 0.717) is 0 Å². The Bertz CT molecular complexity index is 1160. The number of hydrogen-bond donors (Lipinski definition) is 0. The Morgan fingerprint density at radius 3 is 2.52 bits per heavy atom. The summed E-state index contributed by atoms with van der Waals surface area (Å²) in [6.07, 6.45) is 4.42. The van der Waals surface area contributed by atoms with Crippen molar-refractivity contribution in [1.29, 1.82) is 0 Å². The van der Waals surface area contributed by atoms with Crippen molar-refractivity contribution in [2.24, 2.45) is 4.99 Å². The first-order valence-electron chi connectivity index (χ1n) is 8.17. The summed E-state index contributed by atoms with van der Waals surface area (Å²) in [6.45, 7) is 0. The monoisotopic (exact) mass is 449 g/mol. The zero-order valence-electron chi connectivity index (χ0n) is 13.2. The summed E-state index contributed by atoms with van der Waals surface area (Å²) in [6, 6.07) is 21.3. The SMILES string of the molecule is BrC1=c2c(ccc3c2=Nc2cccc(Br)c2-3)C(c2ccccc2)C=C1. The molecule has 0 bridgehead atoms. The molecule has 25 heavy (non-hydrogen) atoms. The molecule has 0 fully saturated rings. The first kappa shape index (κ1) is 15.3. The standard InChI is InChI=1S/C22H13Br2N/c23-17-7-4-8-19-20(17)16-10-9-15-14(13-5-2-1-3-6-13)11-12-18(24)21(15)22(16)25-19/h1-12,14H. The lowest BCUT2D eigenvalue weighted by Gasteiger charge is -2.19. The fourth-order valence-corrected chi connectivity index (χ4v) is 4.89. The third-order valence-corrected chi connectivity index (χ3v) is 6.19. The zero-order valence-corrected chi connectivity index (χ0v) is 16.4. The first-order valence-corrected chi connectivity index (χ1v) is 9.76.